The fraction of sp³-hybridized carbons (Fsp3) is 0.412. The van der Waals surface area contributed by atoms with Crippen molar-refractivity contribution in [3.63, 3.8) is 0 Å². The number of anilines is 3. The van der Waals surface area contributed by atoms with Crippen molar-refractivity contribution in [2.75, 3.05) is 30.9 Å². The molecule has 0 aliphatic rings. The maximum atomic E-state index is 5.04. The molecule has 2 N–H and O–H groups in total. The molecule has 0 radical (unpaired) electrons. The van der Waals surface area contributed by atoms with Gasteiger partial charge in [0.05, 0.1) is 0 Å². The van der Waals surface area contributed by atoms with E-state index < -0.39 is 0 Å². The highest BCUT2D eigenvalue weighted by Crippen LogP contribution is 2.16. The smallest absolute Gasteiger partial charge is 0.229 e. The molecule has 1 aromatic heterocycles. The molecule has 22 heavy (non-hydrogen) atoms. The van der Waals surface area contributed by atoms with Crippen molar-refractivity contribution in [3.05, 3.63) is 41.6 Å². The number of hydrogen-bond acceptors (Lipinski definition) is 5. The molecule has 5 heteroatoms. The van der Waals surface area contributed by atoms with Gasteiger partial charge in [-0.1, -0.05) is 19.1 Å². The second-order valence-electron chi connectivity index (χ2n) is 5.17. The number of ether oxygens (including phenoxy) is 1. The summed E-state index contributed by atoms with van der Waals surface area (Å²) in [5.41, 5.74) is 3.24. The monoisotopic (exact) mass is 300 g/mol. The van der Waals surface area contributed by atoms with E-state index in [1.165, 1.54) is 5.56 Å². The van der Waals surface area contributed by atoms with Crippen LogP contribution >= 0.6 is 0 Å². The lowest BCUT2D eigenvalue weighted by Crippen LogP contribution is -2.08. The molecule has 5 nitrogen and oxygen atoms in total. The maximum Gasteiger partial charge on any atom is 0.229 e. The van der Waals surface area contributed by atoms with Crippen LogP contribution in [0.1, 0.15) is 24.6 Å². The van der Waals surface area contributed by atoms with Crippen LogP contribution in [-0.2, 0) is 11.2 Å². The van der Waals surface area contributed by atoms with Gasteiger partial charge < -0.3 is 15.4 Å². The Morgan fingerprint density at radius 3 is 2.59 bits per heavy atom. The van der Waals surface area contributed by atoms with E-state index in [0.29, 0.717) is 5.95 Å². The molecule has 1 aromatic carbocycles. The molecule has 0 bridgehead atoms. The molecule has 0 atom stereocenters. The molecule has 118 valence electrons. The van der Waals surface area contributed by atoms with Gasteiger partial charge in [0.2, 0.25) is 5.95 Å². The van der Waals surface area contributed by atoms with Crippen LogP contribution in [0.15, 0.2) is 30.3 Å². The van der Waals surface area contributed by atoms with Crippen molar-refractivity contribution in [2.24, 2.45) is 0 Å². The second-order valence-corrected chi connectivity index (χ2v) is 5.17. The topological polar surface area (TPSA) is 59.1 Å². The molecule has 0 spiro atoms. The van der Waals surface area contributed by atoms with Gasteiger partial charge >= 0.3 is 0 Å². The van der Waals surface area contributed by atoms with Crippen LogP contribution in [-0.4, -0.2) is 30.2 Å². The summed E-state index contributed by atoms with van der Waals surface area (Å²) in [6.07, 6.45) is 1.98. The van der Waals surface area contributed by atoms with Gasteiger partial charge in [-0.3, -0.25) is 0 Å². The third-order valence-corrected chi connectivity index (χ3v) is 3.30. The number of benzene rings is 1. The summed E-state index contributed by atoms with van der Waals surface area (Å²) in [5.74, 6) is 1.44. The van der Waals surface area contributed by atoms with Gasteiger partial charge in [-0.05, 0) is 37.5 Å². The average Bonchev–Trinajstić information content (AvgIpc) is 2.52. The lowest BCUT2D eigenvalue weighted by molar-refractivity contribution is 0.198. The normalized spacial score (nSPS) is 10.5. The van der Waals surface area contributed by atoms with Crippen LogP contribution in [0.5, 0.6) is 0 Å². The van der Waals surface area contributed by atoms with Crippen LogP contribution in [0.2, 0.25) is 0 Å². The van der Waals surface area contributed by atoms with E-state index in [1.54, 1.807) is 7.11 Å². The molecule has 0 amide bonds. The number of aromatic nitrogens is 2. The molecule has 2 rings (SSSR count). The number of rotatable bonds is 8. The highest BCUT2D eigenvalue weighted by atomic mass is 16.5. The minimum absolute atomic E-state index is 0.610. The Balaban J connectivity index is 2.01. The van der Waals surface area contributed by atoms with E-state index in [4.69, 9.17) is 4.74 Å². The van der Waals surface area contributed by atoms with Crippen molar-refractivity contribution in [1.29, 1.82) is 0 Å². The highest BCUT2D eigenvalue weighted by molar-refractivity contribution is 5.55. The summed E-state index contributed by atoms with van der Waals surface area (Å²) >= 11 is 0. The number of methoxy groups -OCH3 is 1. The zero-order valence-electron chi connectivity index (χ0n) is 13.5. The fourth-order valence-electron chi connectivity index (χ4n) is 2.10. The molecule has 0 unspecified atom stereocenters. The van der Waals surface area contributed by atoms with E-state index in [9.17, 15) is 0 Å². The molecule has 2 aromatic rings. The summed E-state index contributed by atoms with van der Waals surface area (Å²) in [5, 5.41) is 6.54. The Hall–Kier alpha value is -2.14. The average molecular weight is 300 g/mol. The van der Waals surface area contributed by atoms with Gasteiger partial charge in [-0.2, -0.15) is 4.98 Å². The van der Waals surface area contributed by atoms with Crippen LogP contribution in [0.3, 0.4) is 0 Å². The summed E-state index contributed by atoms with van der Waals surface area (Å²) in [4.78, 5) is 8.92. The Labute approximate surface area is 132 Å². The number of nitrogens with one attached hydrogen (secondary N) is 2. The predicted molar refractivity (Wildman–Crippen MR) is 90.9 cm³/mol. The third-order valence-electron chi connectivity index (χ3n) is 3.30. The lowest BCUT2D eigenvalue weighted by atomic mass is 10.1. The first kappa shape index (κ1) is 16.2. The molecule has 0 saturated carbocycles. The van der Waals surface area contributed by atoms with Crippen molar-refractivity contribution in [3.8, 4) is 0 Å². The number of nitrogens with zero attached hydrogens (tertiary/aromatic N) is 2. The number of aryl methyl sites for hydroxylation is 2. The first-order valence-electron chi connectivity index (χ1n) is 7.65. The standard InChI is InChI=1S/C17H24N4O/c1-4-14-6-8-15(9-7-14)20-17-19-13(2)12-16(21-17)18-10-5-11-22-3/h6-9,12H,4-5,10-11H2,1-3H3,(H2,18,19,20,21). The fourth-order valence-corrected chi connectivity index (χ4v) is 2.10. The zero-order chi connectivity index (χ0) is 15.8. The Kier molecular flexibility index (Phi) is 6.15. The van der Waals surface area contributed by atoms with E-state index in [0.717, 1.165) is 43.2 Å². The van der Waals surface area contributed by atoms with E-state index >= 15 is 0 Å². The first-order chi connectivity index (χ1) is 10.7. The van der Waals surface area contributed by atoms with E-state index in [2.05, 4.69) is 51.8 Å². The molecule has 0 fully saturated rings. The number of hydrogen-bond donors (Lipinski definition) is 2. The van der Waals surface area contributed by atoms with Gasteiger partial charge in [0.15, 0.2) is 0 Å². The largest absolute Gasteiger partial charge is 0.385 e. The van der Waals surface area contributed by atoms with Crippen LogP contribution < -0.4 is 10.6 Å². The summed E-state index contributed by atoms with van der Waals surface area (Å²) in [7, 11) is 1.71. The Bertz CT molecular complexity index is 584. The minimum atomic E-state index is 0.610. The molecule has 0 aliphatic carbocycles. The highest BCUT2D eigenvalue weighted by Gasteiger charge is 2.03. The lowest BCUT2D eigenvalue weighted by Gasteiger charge is -2.10. The Morgan fingerprint density at radius 1 is 1.14 bits per heavy atom. The minimum Gasteiger partial charge on any atom is -0.385 e. The van der Waals surface area contributed by atoms with E-state index in [1.807, 2.05) is 13.0 Å². The van der Waals surface area contributed by atoms with Gasteiger partial charge in [0.25, 0.3) is 0 Å². The van der Waals surface area contributed by atoms with Gasteiger partial charge in [-0.15, -0.1) is 0 Å². The molecular formula is C17H24N4O. The molecule has 0 saturated heterocycles. The summed E-state index contributed by atoms with van der Waals surface area (Å²) in [6.45, 7) is 5.68. The predicted octanol–water partition coefficient (Wildman–Crippen LogP) is 3.54. The molecule has 1 heterocycles. The first-order valence-corrected chi connectivity index (χ1v) is 7.65. The van der Waals surface area contributed by atoms with Crippen molar-refractivity contribution >= 4 is 17.5 Å². The summed E-state index contributed by atoms with van der Waals surface area (Å²) in [6, 6.07) is 10.3. The zero-order valence-corrected chi connectivity index (χ0v) is 13.5. The molecular weight excluding hydrogens is 276 g/mol. The Morgan fingerprint density at radius 2 is 1.91 bits per heavy atom. The second kappa shape index (κ2) is 8.34. The quantitative estimate of drug-likeness (QED) is 0.730. The summed E-state index contributed by atoms with van der Waals surface area (Å²) < 4.78 is 5.04. The van der Waals surface area contributed by atoms with Crippen LogP contribution in [0.4, 0.5) is 17.5 Å². The van der Waals surface area contributed by atoms with Gasteiger partial charge in [0, 0.05) is 37.7 Å². The molecule has 0 aliphatic heterocycles. The van der Waals surface area contributed by atoms with Crippen LogP contribution in [0, 0.1) is 6.92 Å². The van der Waals surface area contributed by atoms with Gasteiger partial charge in [0.1, 0.15) is 5.82 Å². The third kappa shape index (κ3) is 5.00. The van der Waals surface area contributed by atoms with Crippen molar-refractivity contribution < 1.29 is 4.74 Å². The van der Waals surface area contributed by atoms with Gasteiger partial charge in [-0.25, -0.2) is 4.98 Å². The van der Waals surface area contributed by atoms with Crippen LogP contribution in [0.25, 0.3) is 0 Å². The van der Waals surface area contributed by atoms with Crippen molar-refractivity contribution in [1.82, 2.24) is 9.97 Å². The SMILES string of the molecule is CCc1ccc(Nc2nc(C)cc(NCCCOC)n2)cc1. The van der Waals surface area contributed by atoms with Crippen molar-refractivity contribution in [2.45, 2.75) is 26.7 Å². The maximum absolute atomic E-state index is 5.04. The van der Waals surface area contributed by atoms with E-state index in [-0.39, 0.29) is 0 Å².